The maximum Gasteiger partial charge on any atom is 0.411 e. The van der Waals surface area contributed by atoms with Crippen LogP contribution in [0.4, 0.5) is 29.3 Å². The summed E-state index contributed by atoms with van der Waals surface area (Å²) in [7, 11) is 0. The van der Waals surface area contributed by atoms with Gasteiger partial charge in [0.1, 0.15) is 18.2 Å². The highest BCUT2D eigenvalue weighted by Crippen LogP contribution is 2.42. The highest BCUT2D eigenvalue weighted by molar-refractivity contribution is 5.95. The first-order valence-electron chi connectivity index (χ1n) is 13.3. The fourth-order valence-corrected chi connectivity index (χ4v) is 5.80. The quantitative estimate of drug-likeness (QED) is 0.394. The Kier molecular flexibility index (Phi) is 7.39. The van der Waals surface area contributed by atoms with Crippen molar-refractivity contribution in [1.82, 2.24) is 4.90 Å². The van der Waals surface area contributed by atoms with E-state index in [9.17, 15) is 23.6 Å². The van der Waals surface area contributed by atoms with Crippen LogP contribution in [0, 0.1) is 28.8 Å². The van der Waals surface area contributed by atoms with Crippen LogP contribution in [-0.2, 0) is 14.9 Å². The average molecular weight is 563 g/mol. The van der Waals surface area contributed by atoms with E-state index in [1.807, 2.05) is 35.2 Å². The largest absolute Gasteiger partial charge is 0.441 e. The third-order valence-corrected chi connectivity index (χ3v) is 7.88. The van der Waals surface area contributed by atoms with Gasteiger partial charge in [-0.3, -0.25) is 9.69 Å². The minimum atomic E-state index is -1.14. The predicted molar refractivity (Wildman–Crippen MR) is 147 cm³/mol. The Bertz CT molecular complexity index is 1510. The number of carbonyl (C=O) groups is 2. The van der Waals surface area contributed by atoms with Gasteiger partial charge in [-0.2, -0.15) is 5.26 Å². The molecular weight excluding hydrogens is 533 g/mol. The first-order valence-corrected chi connectivity index (χ1v) is 13.3. The number of anilines is 2. The number of halogens is 3. The highest BCUT2D eigenvalue weighted by Gasteiger charge is 2.49. The van der Waals surface area contributed by atoms with Crippen LogP contribution < -0.4 is 10.2 Å². The molecular formula is C31H29F3N4O3. The van der Waals surface area contributed by atoms with E-state index in [4.69, 9.17) is 4.74 Å². The highest BCUT2D eigenvalue weighted by atomic mass is 19.2. The lowest BCUT2D eigenvalue weighted by Gasteiger charge is -2.39. The second-order valence-electron chi connectivity index (χ2n) is 10.9. The summed E-state index contributed by atoms with van der Waals surface area (Å²) in [5.41, 5.74) is -0.363. The summed E-state index contributed by atoms with van der Waals surface area (Å²) in [5, 5.41) is 12.5. The molecule has 10 heteroatoms. The van der Waals surface area contributed by atoms with Crippen molar-refractivity contribution < 1.29 is 27.5 Å². The standard InChI is InChI=1S/C31H29F3N4O3/c1-30(2)28(20-11-12-22(32)23(33)17-20)38(29(40)41-30)18-26(39)36-24-9-6-10-25(27(24)34)37-15-13-31(19-35,14-16-37)21-7-4-3-5-8-21/h3-12,17,28H,13-16,18H2,1-2H3,(H,36,39). The van der Waals surface area contributed by atoms with E-state index in [-0.39, 0.29) is 11.3 Å². The van der Waals surface area contributed by atoms with Gasteiger partial charge in [-0.25, -0.2) is 18.0 Å². The second kappa shape index (κ2) is 10.8. The molecule has 1 N–H and O–H groups in total. The number of rotatable bonds is 6. The minimum absolute atomic E-state index is 0.0659. The van der Waals surface area contributed by atoms with Crippen molar-refractivity contribution in [2.75, 3.05) is 29.9 Å². The van der Waals surface area contributed by atoms with Gasteiger partial charge in [0.25, 0.3) is 0 Å². The molecule has 0 radical (unpaired) electrons. The fourth-order valence-electron chi connectivity index (χ4n) is 5.80. The SMILES string of the molecule is CC1(C)OC(=O)N(CC(=O)Nc2cccc(N3CCC(C#N)(c4ccccc4)CC3)c2F)C1c1ccc(F)c(F)c1. The van der Waals surface area contributed by atoms with E-state index < -0.39 is 53.1 Å². The number of piperidine rings is 1. The van der Waals surface area contributed by atoms with Crippen LogP contribution in [0.25, 0.3) is 0 Å². The number of nitrogens with zero attached hydrogens (tertiary/aromatic N) is 3. The van der Waals surface area contributed by atoms with E-state index in [2.05, 4.69) is 11.4 Å². The van der Waals surface area contributed by atoms with Crippen LogP contribution in [0.2, 0.25) is 0 Å². The van der Waals surface area contributed by atoms with E-state index in [1.54, 1.807) is 26.0 Å². The fraction of sp³-hybridized carbons (Fsp3) is 0.323. The summed E-state index contributed by atoms with van der Waals surface area (Å²) in [4.78, 5) is 28.7. The predicted octanol–water partition coefficient (Wildman–Crippen LogP) is 6.08. The number of carbonyl (C=O) groups excluding carboxylic acids is 2. The number of hydrogen-bond acceptors (Lipinski definition) is 5. The molecule has 2 aliphatic heterocycles. The number of hydrogen-bond donors (Lipinski definition) is 1. The summed E-state index contributed by atoms with van der Waals surface area (Å²) < 4.78 is 48.6. The van der Waals surface area contributed by atoms with Gasteiger partial charge in [0, 0.05) is 13.1 Å². The van der Waals surface area contributed by atoms with Crippen LogP contribution in [0.3, 0.4) is 0 Å². The Morgan fingerprint density at radius 1 is 1.02 bits per heavy atom. The zero-order valence-corrected chi connectivity index (χ0v) is 22.7. The number of nitrogens with one attached hydrogen (secondary N) is 1. The molecule has 7 nitrogen and oxygen atoms in total. The van der Waals surface area contributed by atoms with Crippen molar-refractivity contribution in [2.45, 2.75) is 43.7 Å². The van der Waals surface area contributed by atoms with Crippen molar-refractivity contribution in [1.29, 1.82) is 5.26 Å². The number of cyclic esters (lactones) is 1. The normalized spacial score (nSPS) is 19.4. The summed E-state index contributed by atoms with van der Waals surface area (Å²) in [6, 6.07) is 19.0. The van der Waals surface area contributed by atoms with Gasteiger partial charge < -0.3 is 15.0 Å². The summed E-state index contributed by atoms with van der Waals surface area (Å²) in [6.07, 6.45) is 0.227. The van der Waals surface area contributed by atoms with E-state index in [0.29, 0.717) is 31.6 Å². The van der Waals surface area contributed by atoms with Crippen LogP contribution in [-0.4, -0.2) is 42.1 Å². The van der Waals surface area contributed by atoms with Crippen molar-refractivity contribution in [3.05, 3.63) is 95.3 Å². The molecule has 0 bridgehead atoms. The monoisotopic (exact) mass is 562 g/mol. The van der Waals surface area contributed by atoms with Crippen molar-refractivity contribution in [2.24, 2.45) is 0 Å². The van der Waals surface area contributed by atoms with Gasteiger partial charge in [0.2, 0.25) is 5.91 Å². The lowest BCUT2D eigenvalue weighted by atomic mass is 9.74. The molecule has 2 heterocycles. The van der Waals surface area contributed by atoms with Gasteiger partial charge in [-0.05, 0) is 62.1 Å². The van der Waals surface area contributed by atoms with E-state index in [0.717, 1.165) is 22.6 Å². The molecule has 41 heavy (non-hydrogen) atoms. The summed E-state index contributed by atoms with van der Waals surface area (Å²) >= 11 is 0. The van der Waals surface area contributed by atoms with Gasteiger partial charge >= 0.3 is 6.09 Å². The van der Waals surface area contributed by atoms with Crippen LogP contribution in [0.5, 0.6) is 0 Å². The maximum absolute atomic E-state index is 15.6. The lowest BCUT2D eigenvalue weighted by Crippen LogP contribution is -2.42. The molecule has 2 aliphatic rings. The Balaban J connectivity index is 1.30. The van der Waals surface area contributed by atoms with Crippen molar-refractivity contribution in [3.63, 3.8) is 0 Å². The zero-order valence-electron chi connectivity index (χ0n) is 22.7. The molecule has 0 saturated carbocycles. The Morgan fingerprint density at radius 3 is 2.39 bits per heavy atom. The number of benzene rings is 3. The summed E-state index contributed by atoms with van der Waals surface area (Å²) in [5.74, 6) is -3.45. The molecule has 212 valence electrons. The smallest absolute Gasteiger partial charge is 0.411 e. The Morgan fingerprint density at radius 2 is 1.73 bits per heavy atom. The van der Waals surface area contributed by atoms with Gasteiger partial charge in [0.05, 0.1) is 22.9 Å². The summed E-state index contributed by atoms with van der Waals surface area (Å²) in [6.45, 7) is 3.61. The van der Waals surface area contributed by atoms with Gasteiger partial charge in [-0.1, -0.05) is 42.5 Å². The van der Waals surface area contributed by atoms with Crippen molar-refractivity contribution >= 4 is 23.4 Å². The molecule has 3 aromatic carbocycles. The average Bonchev–Trinajstić information content (AvgIpc) is 3.18. The first-order chi connectivity index (χ1) is 19.5. The molecule has 1 atom stereocenters. The molecule has 5 rings (SSSR count). The van der Waals surface area contributed by atoms with E-state index in [1.165, 1.54) is 12.1 Å². The molecule has 0 spiro atoms. The first kappa shape index (κ1) is 28.0. The number of ether oxygens (including phenoxy) is 1. The van der Waals surface area contributed by atoms with Gasteiger partial charge in [-0.15, -0.1) is 0 Å². The molecule has 2 fully saturated rings. The van der Waals surface area contributed by atoms with Crippen LogP contribution in [0.15, 0.2) is 66.7 Å². The molecule has 0 aliphatic carbocycles. The molecule has 1 unspecified atom stereocenters. The third kappa shape index (κ3) is 5.32. The molecule has 2 saturated heterocycles. The van der Waals surface area contributed by atoms with Crippen LogP contribution >= 0.6 is 0 Å². The number of amides is 2. The van der Waals surface area contributed by atoms with Gasteiger partial charge in [0.15, 0.2) is 17.5 Å². The minimum Gasteiger partial charge on any atom is -0.441 e. The molecule has 0 aromatic heterocycles. The lowest BCUT2D eigenvalue weighted by molar-refractivity contribution is -0.117. The van der Waals surface area contributed by atoms with E-state index >= 15 is 4.39 Å². The Labute approximate surface area is 236 Å². The Hall–Kier alpha value is -4.52. The third-order valence-electron chi connectivity index (χ3n) is 7.88. The maximum atomic E-state index is 15.6. The molecule has 3 aromatic rings. The van der Waals surface area contributed by atoms with Crippen LogP contribution in [0.1, 0.15) is 43.9 Å². The zero-order chi connectivity index (χ0) is 29.4. The topological polar surface area (TPSA) is 85.7 Å². The van der Waals surface area contributed by atoms with Crippen molar-refractivity contribution in [3.8, 4) is 6.07 Å². The second-order valence-corrected chi connectivity index (χ2v) is 10.9. The molecule has 2 amide bonds. The number of nitriles is 1.